The maximum Gasteiger partial charge on any atom is 0.169 e. The first kappa shape index (κ1) is 15.1. The Morgan fingerprint density at radius 1 is 1.50 bits per heavy atom. The molecule has 0 atom stereocenters. The number of methoxy groups -OCH3 is 1. The summed E-state index contributed by atoms with van der Waals surface area (Å²) < 4.78 is 5.02. The van der Waals surface area contributed by atoms with Crippen LogP contribution >= 0.6 is 12.2 Å². The van der Waals surface area contributed by atoms with Gasteiger partial charge in [0.15, 0.2) is 5.11 Å². The highest BCUT2D eigenvalue weighted by atomic mass is 32.1. The minimum atomic E-state index is 0.485. The van der Waals surface area contributed by atoms with Crippen molar-refractivity contribution in [3.05, 3.63) is 0 Å². The van der Waals surface area contributed by atoms with Crippen molar-refractivity contribution in [3.63, 3.8) is 0 Å². The second-order valence-corrected chi connectivity index (χ2v) is 3.86. The molecule has 0 bridgehead atoms. The highest BCUT2D eigenvalue weighted by Gasteiger charge is 2.07. The molecule has 0 aliphatic heterocycles. The molecule has 0 amide bonds. The fraction of sp³-hybridized carbons (Fsp3) is 0.818. The molecule has 0 aliphatic carbocycles. The third-order valence-corrected chi connectivity index (χ3v) is 2.56. The van der Waals surface area contributed by atoms with E-state index in [1.165, 1.54) is 0 Å². The molecule has 0 saturated carbocycles. The van der Waals surface area contributed by atoms with Crippen LogP contribution in [-0.4, -0.2) is 43.4 Å². The molecule has 0 fully saturated rings. The van der Waals surface area contributed by atoms with E-state index in [-0.39, 0.29) is 0 Å². The van der Waals surface area contributed by atoms with Crippen LogP contribution in [0.25, 0.3) is 0 Å². The number of hydrogen-bond acceptors (Lipinski definition) is 3. The Morgan fingerprint density at radius 2 is 2.25 bits per heavy atom. The van der Waals surface area contributed by atoms with Gasteiger partial charge in [0.2, 0.25) is 0 Å². The lowest BCUT2D eigenvalue weighted by molar-refractivity contribution is 0.176. The van der Waals surface area contributed by atoms with Crippen LogP contribution in [0.4, 0.5) is 0 Å². The number of ether oxygens (including phenoxy) is 1. The van der Waals surface area contributed by atoms with Crippen LogP contribution in [0.15, 0.2) is 0 Å². The average Bonchev–Trinajstić information content (AvgIpc) is 2.29. The summed E-state index contributed by atoms with van der Waals surface area (Å²) in [6.07, 6.45) is 2.74. The van der Waals surface area contributed by atoms with E-state index >= 15 is 0 Å². The molecule has 1 N–H and O–H groups in total. The average molecular weight is 243 g/mol. The minimum Gasteiger partial charge on any atom is -0.383 e. The summed E-state index contributed by atoms with van der Waals surface area (Å²) in [6.45, 7) is 5.06. The normalized spacial score (nSPS) is 9.56. The Morgan fingerprint density at radius 3 is 2.81 bits per heavy atom. The third kappa shape index (κ3) is 7.43. The summed E-state index contributed by atoms with van der Waals surface area (Å²) in [5, 5.41) is 12.5. The molecule has 16 heavy (non-hydrogen) atoms. The molecule has 4 nitrogen and oxygen atoms in total. The van der Waals surface area contributed by atoms with Crippen molar-refractivity contribution < 1.29 is 4.74 Å². The predicted molar refractivity (Wildman–Crippen MR) is 69.2 cm³/mol. The first-order valence-corrected chi connectivity index (χ1v) is 6.05. The van der Waals surface area contributed by atoms with E-state index in [4.69, 9.17) is 22.2 Å². The van der Waals surface area contributed by atoms with E-state index < -0.39 is 0 Å². The molecule has 0 rings (SSSR count). The van der Waals surface area contributed by atoms with E-state index in [0.717, 1.165) is 31.0 Å². The molecule has 0 unspecified atom stereocenters. The molecule has 5 heteroatoms. The van der Waals surface area contributed by atoms with Crippen molar-refractivity contribution in [2.75, 3.05) is 33.4 Å². The zero-order chi connectivity index (χ0) is 12.2. The van der Waals surface area contributed by atoms with Crippen molar-refractivity contribution in [2.24, 2.45) is 0 Å². The summed E-state index contributed by atoms with van der Waals surface area (Å²) in [5.41, 5.74) is 0. The highest BCUT2D eigenvalue weighted by Crippen LogP contribution is 1.94. The number of nitriles is 1. The predicted octanol–water partition coefficient (Wildman–Crippen LogP) is 1.52. The molecule has 0 heterocycles. The molecular weight excluding hydrogens is 222 g/mol. The summed E-state index contributed by atoms with van der Waals surface area (Å²) in [4.78, 5) is 1.98. The van der Waals surface area contributed by atoms with Gasteiger partial charge in [0.05, 0.1) is 19.1 Å². The lowest BCUT2D eigenvalue weighted by Gasteiger charge is -2.24. The van der Waals surface area contributed by atoms with Gasteiger partial charge in [-0.25, -0.2) is 0 Å². The standard InChI is InChI=1S/C11H21N3OS/c1-3-4-7-13-11(16)14(8-5-6-12)9-10-15-2/h3-5,7-10H2,1-2H3,(H,13,16). The number of thiocarbonyl (C=S) groups is 1. The molecule has 0 saturated heterocycles. The van der Waals surface area contributed by atoms with Gasteiger partial charge in [-0.2, -0.15) is 5.26 Å². The second kappa shape index (κ2) is 10.7. The number of nitrogens with one attached hydrogen (secondary N) is 1. The molecule has 0 aliphatic rings. The Labute approximate surface area is 104 Å². The molecule has 0 radical (unpaired) electrons. The number of unbranched alkanes of at least 4 members (excludes halogenated alkanes) is 1. The van der Waals surface area contributed by atoms with Gasteiger partial charge in [-0.15, -0.1) is 0 Å². The second-order valence-electron chi connectivity index (χ2n) is 3.47. The van der Waals surface area contributed by atoms with Gasteiger partial charge in [-0.3, -0.25) is 0 Å². The maximum absolute atomic E-state index is 8.56. The molecule has 0 aromatic heterocycles. The van der Waals surface area contributed by atoms with Crippen LogP contribution in [0.5, 0.6) is 0 Å². The number of nitrogens with zero attached hydrogens (tertiary/aromatic N) is 2. The summed E-state index contributed by atoms with van der Waals surface area (Å²) in [6, 6.07) is 2.13. The van der Waals surface area contributed by atoms with Crippen LogP contribution in [0.1, 0.15) is 26.2 Å². The van der Waals surface area contributed by atoms with Crippen molar-refractivity contribution >= 4 is 17.3 Å². The van der Waals surface area contributed by atoms with Crippen molar-refractivity contribution in [3.8, 4) is 6.07 Å². The van der Waals surface area contributed by atoms with E-state index in [0.29, 0.717) is 19.6 Å². The van der Waals surface area contributed by atoms with E-state index in [2.05, 4.69) is 18.3 Å². The van der Waals surface area contributed by atoms with E-state index in [1.54, 1.807) is 7.11 Å². The maximum atomic E-state index is 8.56. The van der Waals surface area contributed by atoms with Gasteiger partial charge in [0.25, 0.3) is 0 Å². The lowest BCUT2D eigenvalue weighted by atomic mass is 10.3. The van der Waals surface area contributed by atoms with Crippen LogP contribution < -0.4 is 5.32 Å². The first-order chi connectivity index (χ1) is 7.76. The van der Waals surface area contributed by atoms with Gasteiger partial charge in [-0.1, -0.05) is 13.3 Å². The monoisotopic (exact) mass is 243 g/mol. The van der Waals surface area contributed by atoms with Gasteiger partial charge in [0.1, 0.15) is 0 Å². The van der Waals surface area contributed by atoms with Crippen LogP contribution in [0.2, 0.25) is 0 Å². The molecule has 0 spiro atoms. The quantitative estimate of drug-likeness (QED) is 0.517. The zero-order valence-corrected chi connectivity index (χ0v) is 11.0. The number of rotatable bonds is 8. The Bertz CT molecular complexity index is 228. The smallest absolute Gasteiger partial charge is 0.169 e. The van der Waals surface area contributed by atoms with Crippen molar-refractivity contribution in [2.45, 2.75) is 26.2 Å². The van der Waals surface area contributed by atoms with Gasteiger partial charge < -0.3 is 15.0 Å². The highest BCUT2D eigenvalue weighted by molar-refractivity contribution is 7.80. The molecular formula is C11H21N3OS. The Hall–Kier alpha value is -0.860. The summed E-state index contributed by atoms with van der Waals surface area (Å²) in [5.74, 6) is 0. The Balaban J connectivity index is 3.94. The molecule has 0 aromatic carbocycles. The third-order valence-electron chi connectivity index (χ3n) is 2.15. The topological polar surface area (TPSA) is 48.3 Å². The SMILES string of the molecule is CCCCNC(=S)N(CCC#N)CCOC. The largest absolute Gasteiger partial charge is 0.383 e. The minimum absolute atomic E-state index is 0.485. The van der Waals surface area contributed by atoms with Crippen molar-refractivity contribution in [1.29, 1.82) is 5.26 Å². The fourth-order valence-corrected chi connectivity index (χ4v) is 1.47. The van der Waals surface area contributed by atoms with Gasteiger partial charge in [-0.05, 0) is 18.6 Å². The fourth-order valence-electron chi connectivity index (χ4n) is 1.19. The van der Waals surface area contributed by atoms with Crippen molar-refractivity contribution in [1.82, 2.24) is 10.2 Å². The summed E-state index contributed by atoms with van der Waals surface area (Å²) >= 11 is 5.27. The van der Waals surface area contributed by atoms with E-state index in [9.17, 15) is 0 Å². The first-order valence-electron chi connectivity index (χ1n) is 5.64. The van der Waals surface area contributed by atoms with Gasteiger partial charge >= 0.3 is 0 Å². The van der Waals surface area contributed by atoms with Crippen LogP contribution in [0, 0.1) is 11.3 Å². The van der Waals surface area contributed by atoms with E-state index in [1.807, 2.05) is 4.90 Å². The zero-order valence-electron chi connectivity index (χ0n) is 10.2. The lowest BCUT2D eigenvalue weighted by Crippen LogP contribution is -2.42. The molecule has 0 aromatic rings. The van der Waals surface area contributed by atoms with Crippen LogP contribution in [-0.2, 0) is 4.74 Å². The molecule has 92 valence electrons. The Kier molecular flexibility index (Phi) is 10.1. The van der Waals surface area contributed by atoms with Gasteiger partial charge in [0, 0.05) is 26.7 Å². The number of hydrogen-bond donors (Lipinski definition) is 1. The summed E-state index contributed by atoms with van der Waals surface area (Å²) in [7, 11) is 1.66. The van der Waals surface area contributed by atoms with Crippen LogP contribution in [0.3, 0.4) is 0 Å².